The Kier molecular flexibility index (Phi) is 2.56. The van der Waals surface area contributed by atoms with Gasteiger partial charge in [0, 0.05) is 5.92 Å². The van der Waals surface area contributed by atoms with Crippen molar-refractivity contribution in [1.29, 1.82) is 0 Å². The third-order valence-electron chi connectivity index (χ3n) is 5.89. The Labute approximate surface area is 155 Å². The highest BCUT2D eigenvalue weighted by atomic mass is 79.9. The van der Waals surface area contributed by atoms with Crippen molar-refractivity contribution in [3.63, 3.8) is 0 Å². The molecular formula is C24H15Br. The lowest BCUT2D eigenvalue weighted by Crippen LogP contribution is -2.37. The Bertz CT molecular complexity index is 1120. The molecule has 0 saturated carbocycles. The summed E-state index contributed by atoms with van der Waals surface area (Å²) in [6.45, 7) is 0. The fraction of sp³-hybridized carbons (Fsp3) is 0.0833. The maximum absolute atomic E-state index is 4.21. The summed E-state index contributed by atoms with van der Waals surface area (Å²) in [4.78, 5) is 0. The molecule has 0 aromatic heterocycles. The van der Waals surface area contributed by atoms with E-state index in [1.165, 1.54) is 44.2 Å². The molecule has 0 amide bonds. The maximum Gasteiger partial charge on any atom is 0.101 e. The first-order valence-electron chi connectivity index (χ1n) is 8.69. The maximum atomic E-state index is 4.21. The minimum atomic E-state index is -0.256. The van der Waals surface area contributed by atoms with Gasteiger partial charge in [0.15, 0.2) is 0 Å². The smallest absolute Gasteiger partial charge is 0.0695 e. The number of halogens is 1. The van der Waals surface area contributed by atoms with Crippen molar-refractivity contribution in [2.24, 2.45) is 0 Å². The van der Waals surface area contributed by atoms with Gasteiger partial charge >= 0.3 is 0 Å². The molecule has 0 radical (unpaired) electrons. The van der Waals surface area contributed by atoms with Gasteiger partial charge in [-0.05, 0) is 56.3 Å². The summed E-state index contributed by atoms with van der Waals surface area (Å²) < 4.78 is -0.256. The van der Waals surface area contributed by atoms with Crippen LogP contribution in [0.15, 0.2) is 84.9 Å². The Hall–Kier alpha value is -2.38. The first-order valence-corrected chi connectivity index (χ1v) is 9.48. The van der Waals surface area contributed by atoms with Crippen molar-refractivity contribution in [1.82, 2.24) is 0 Å². The molecule has 0 heterocycles. The van der Waals surface area contributed by atoms with E-state index >= 15 is 0 Å². The summed E-state index contributed by atoms with van der Waals surface area (Å²) in [6, 6.07) is 31.3. The fourth-order valence-corrected chi connectivity index (χ4v) is 5.92. The van der Waals surface area contributed by atoms with Crippen LogP contribution in [0.3, 0.4) is 0 Å². The first kappa shape index (κ1) is 13.9. The number of rotatable bonds is 0. The zero-order chi connectivity index (χ0) is 16.6. The van der Waals surface area contributed by atoms with Crippen LogP contribution in [0, 0.1) is 0 Å². The van der Waals surface area contributed by atoms with Crippen LogP contribution in [0.5, 0.6) is 0 Å². The number of benzene rings is 4. The van der Waals surface area contributed by atoms with Gasteiger partial charge in [0.25, 0.3) is 0 Å². The Morgan fingerprint density at radius 3 is 1.72 bits per heavy atom. The number of fused-ring (bicyclic) bond motifs is 1. The van der Waals surface area contributed by atoms with Gasteiger partial charge in [0.2, 0.25) is 0 Å². The van der Waals surface area contributed by atoms with Crippen LogP contribution in [0.25, 0.3) is 10.8 Å². The number of hydrogen-bond donors (Lipinski definition) is 0. The molecule has 25 heavy (non-hydrogen) atoms. The van der Waals surface area contributed by atoms with Crippen molar-refractivity contribution < 1.29 is 0 Å². The molecule has 0 atom stereocenters. The minimum Gasteiger partial charge on any atom is -0.0695 e. The van der Waals surface area contributed by atoms with Crippen molar-refractivity contribution in [3.05, 3.63) is 118 Å². The summed E-state index contributed by atoms with van der Waals surface area (Å²) >= 11 is 4.21. The van der Waals surface area contributed by atoms with E-state index in [1.54, 1.807) is 0 Å². The fourth-order valence-electron chi connectivity index (χ4n) is 4.86. The van der Waals surface area contributed by atoms with Crippen LogP contribution in [-0.2, 0) is 4.32 Å². The predicted molar refractivity (Wildman–Crippen MR) is 107 cm³/mol. The van der Waals surface area contributed by atoms with Crippen LogP contribution in [0.1, 0.15) is 39.3 Å². The highest BCUT2D eigenvalue weighted by molar-refractivity contribution is 9.10. The molecule has 0 nitrogen and oxygen atoms in total. The highest BCUT2D eigenvalue weighted by Gasteiger charge is 2.50. The van der Waals surface area contributed by atoms with E-state index in [0.717, 1.165) is 0 Å². The van der Waals surface area contributed by atoms with Gasteiger partial charge in [-0.2, -0.15) is 0 Å². The lowest BCUT2D eigenvalue weighted by atomic mass is 9.60. The number of alkyl halides is 1. The second-order valence-electron chi connectivity index (χ2n) is 7.05. The van der Waals surface area contributed by atoms with E-state index in [0.29, 0.717) is 5.92 Å². The molecule has 7 rings (SSSR count). The lowest BCUT2D eigenvalue weighted by Gasteiger charge is -2.47. The first-order chi connectivity index (χ1) is 12.3. The molecule has 0 N–H and O–H groups in total. The van der Waals surface area contributed by atoms with E-state index in [1.807, 2.05) is 0 Å². The molecule has 1 heteroatoms. The quantitative estimate of drug-likeness (QED) is 0.311. The molecule has 118 valence electrons. The standard InChI is InChI=1S/C24H15Br/c25-24-20-11-5-3-9-17(20)23(18-10-4-6-12-21(18)24)19-13-15-7-1-2-8-16(15)14-22(19)24/h1-14,23H. The zero-order valence-electron chi connectivity index (χ0n) is 13.5. The van der Waals surface area contributed by atoms with E-state index < -0.39 is 0 Å². The van der Waals surface area contributed by atoms with Crippen molar-refractivity contribution in [2.45, 2.75) is 10.2 Å². The van der Waals surface area contributed by atoms with Crippen molar-refractivity contribution in [2.75, 3.05) is 0 Å². The zero-order valence-corrected chi connectivity index (χ0v) is 15.1. The molecule has 3 aliphatic rings. The Balaban J connectivity index is 1.81. The summed E-state index contributed by atoms with van der Waals surface area (Å²) in [5.74, 6) is 0.325. The van der Waals surface area contributed by atoms with Crippen LogP contribution in [0.2, 0.25) is 0 Å². The van der Waals surface area contributed by atoms with Gasteiger partial charge in [-0.25, -0.2) is 0 Å². The van der Waals surface area contributed by atoms with Gasteiger partial charge in [-0.1, -0.05) is 88.7 Å². The van der Waals surface area contributed by atoms with Gasteiger partial charge in [0.05, 0.1) is 0 Å². The van der Waals surface area contributed by atoms with E-state index in [2.05, 4.69) is 101 Å². The molecule has 0 fully saturated rings. The van der Waals surface area contributed by atoms with Gasteiger partial charge in [-0.15, -0.1) is 0 Å². The van der Waals surface area contributed by atoms with Crippen molar-refractivity contribution >= 4 is 26.7 Å². The molecule has 0 saturated heterocycles. The third kappa shape index (κ3) is 1.58. The highest BCUT2D eigenvalue weighted by Crippen LogP contribution is 2.62. The molecular weight excluding hydrogens is 368 g/mol. The summed E-state index contributed by atoms with van der Waals surface area (Å²) in [5.41, 5.74) is 8.48. The molecule has 4 aromatic rings. The van der Waals surface area contributed by atoms with Crippen LogP contribution in [-0.4, -0.2) is 0 Å². The SMILES string of the molecule is BrC12c3ccccc3C(c3ccccc31)c1cc3ccccc3cc12. The second kappa shape index (κ2) is 4.62. The monoisotopic (exact) mass is 382 g/mol. The molecule has 3 aliphatic carbocycles. The molecule has 0 aliphatic heterocycles. The lowest BCUT2D eigenvalue weighted by molar-refractivity contribution is 0.726. The molecule has 0 spiro atoms. The third-order valence-corrected chi connectivity index (χ3v) is 7.17. The summed E-state index contributed by atoms with van der Waals surface area (Å²) in [6.07, 6.45) is 0. The second-order valence-corrected chi connectivity index (χ2v) is 8.24. The average molecular weight is 383 g/mol. The van der Waals surface area contributed by atoms with E-state index in [-0.39, 0.29) is 4.32 Å². The Morgan fingerprint density at radius 2 is 1.08 bits per heavy atom. The molecule has 2 bridgehead atoms. The van der Waals surface area contributed by atoms with Gasteiger partial charge < -0.3 is 0 Å². The largest absolute Gasteiger partial charge is 0.101 e. The minimum absolute atomic E-state index is 0.256. The van der Waals surface area contributed by atoms with E-state index in [9.17, 15) is 0 Å². The topological polar surface area (TPSA) is 0 Å². The summed E-state index contributed by atoms with van der Waals surface area (Å²) in [7, 11) is 0. The molecule has 4 aromatic carbocycles. The average Bonchev–Trinajstić information content (AvgIpc) is 2.67. The van der Waals surface area contributed by atoms with Crippen LogP contribution >= 0.6 is 15.9 Å². The molecule has 0 unspecified atom stereocenters. The van der Waals surface area contributed by atoms with Crippen LogP contribution < -0.4 is 0 Å². The van der Waals surface area contributed by atoms with Crippen LogP contribution in [0.4, 0.5) is 0 Å². The van der Waals surface area contributed by atoms with Gasteiger partial charge in [-0.3, -0.25) is 0 Å². The van der Waals surface area contributed by atoms with Crippen molar-refractivity contribution in [3.8, 4) is 0 Å². The Morgan fingerprint density at radius 1 is 0.560 bits per heavy atom. The normalized spacial score (nSPS) is 22.4. The van der Waals surface area contributed by atoms with E-state index in [4.69, 9.17) is 0 Å². The summed E-state index contributed by atoms with van der Waals surface area (Å²) in [5, 5.41) is 2.63. The number of hydrogen-bond acceptors (Lipinski definition) is 0. The predicted octanol–water partition coefficient (Wildman–Crippen LogP) is 6.33. The van der Waals surface area contributed by atoms with Gasteiger partial charge in [0.1, 0.15) is 4.32 Å².